The number of pyridine rings is 1. The number of fused-ring (bicyclic) bond motifs is 1. The van der Waals surface area contributed by atoms with E-state index in [4.69, 9.17) is 5.73 Å². The third-order valence-corrected chi connectivity index (χ3v) is 4.21. The minimum atomic E-state index is 0.402. The summed E-state index contributed by atoms with van der Waals surface area (Å²) in [6, 6.07) is 7.60. The van der Waals surface area contributed by atoms with Crippen molar-refractivity contribution in [3.8, 4) is 0 Å². The van der Waals surface area contributed by atoms with Crippen molar-refractivity contribution in [1.29, 1.82) is 0 Å². The minimum Gasteiger partial charge on any atom is -0.370 e. The number of nitrogens with zero attached hydrogens (tertiary/aromatic N) is 8. The Morgan fingerprint density at radius 3 is 2.64 bits per heavy atom. The average Bonchev–Trinajstić information content (AvgIpc) is 3.10. The third-order valence-electron chi connectivity index (χ3n) is 4.21. The van der Waals surface area contributed by atoms with E-state index in [1.807, 2.05) is 34.9 Å². The van der Waals surface area contributed by atoms with E-state index in [-0.39, 0.29) is 0 Å². The van der Waals surface area contributed by atoms with Gasteiger partial charge in [0.2, 0.25) is 5.95 Å². The Hall–Kier alpha value is -3.23. The molecule has 0 bridgehead atoms. The molecule has 0 amide bonds. The second kappa shape index (κ2) is 6.71. The van der Waals surface area contributed by atoms with Crippen LogP contribution < -0.4 is 10.6 Å². The van der Waals surface area contributed by atoms with Crippen LogP contribution >= 0.6 is 0 Å². The van der Waals surface area contributed by atoms with Crippen LogP contribution in [0.4, 0.5) is 5.95 Å². The number of guanidine groups is 1. The summed E-state index contributed by atoms with van der Waals surface area (Å²) in [6.07, 6.45) is 5.44. The molecular formula is C16H19N9. The molecule has 0 aliphatic carbocycles. The van der Waals surface area contributed by atoms with Gasteiger partial charge in [0, 0.05) is 44.8 Å². The highest BCUT2D eigenvalue weighted by atomic mass is 15.4. The molecule has 0 saturated carbocycles. The molecule has 1 fully saturated rings. The number of piperazine rings is 1. The summed E-state index contributed by atoms with van der Waals surface area (Å²) in [7, 11) is 0. The maximum atomic E-state index is 6.16. The smallest absolute Gasteiger partial charge is 0.225 e. The van der Waals surface area contributed by atoms with Crippen LogP contribution in [-0.2, 0) is 6.54 Å². The molecule has 0 unspecified atom stereocenters. The first-order chi connectivity index (χ1) is 12.3. The molecule has 4 heterocycles. The van der Waals surface area contributed by atoms with Crippen LogP contribution in [0.15, 0.2) is 47.8 Å². The van der Waals surface area contributed by atoms with Gasteiger partial charge in [0.1, 0.15) is 6.54 Å². The van der Waals surface area contributed by atoms with Crippen molar-refractivity contribution in [3.63, 3.8) is 0 Å². The first-order valence-corrected chi connectivity index (χ1v) is 8.17. The van der Waals surface area contributed by atoms with E-state index in [1.165, 1.54) is 0 Å². The topological polar surface area (TPSA) is 101 Å². The second-order valence-electron chi connectivity index (χ2n) is 5.74. The fourth-order valence-electron chi connectivity index (χ4n) is 2.84. The van der Waals surface area contributed by atoms with Gasteiger partial charge in [0.25, 0.3) is 0 Å². The Bertz CT molecular complexity index is 865. The summed E-state index contributed by atoms with van der Waals surface area (Å²) >= 11 is 0. The molecule has 1 aliphatic heterocycles. The zero-order valence-corrected chi connectivity index (χ0v) is 13.7. The first-order valence-electron chi connectivity index (χ1n) is 8.17. The van der Waals surface area contributed by atoms with Gasteiger partial charge in [-0.05, 0) is 18.2 Å². The molecule has 2 N–H and O–H groups in total. The summed E-state index contributed by atoms with van der Waals surface area (Å²) in [6.45, 7) is 3.60. The molecule has 1 saturated heterocycles. The fourth-order valence-corrected chi connectivity index (χ4v) is 2.84. The average molecular weight is 337 g/mol. The lowest BCUT2D eigenvalue weighted by molar-refractivity contribution is 0.378. The molecule has 0 aromatic carbocycles. The van der Waals surface area contributed by atoms with Crippen LogP contribution in [0.25, 0.3) is 5.65 Å². The van der Waals surface area contributed by atoms with Crippen molar-refractivity contribution in [2.45, 2.75) is 6.54 Å². The molecule has 0 radical (unpaired) electrons. The molecule has 4 rings (SSSR count). The highest BCUT2D eigenvalue weighted by molar-refractivity contribution is 5.78. The van der Waals surface area contributed by atoms with Crippen LogP contribution in [0.5, 0.6) is 0 Å². The summed E-state index contributed by atoms with van der Waals surface area (Å²) in [5, 5.41) is 8.29. The maximum absolute atomic E-state index is 6.16. The Labute approximate surface area is 144 Å². The van der Waals surface area contributed by atoms with Gasteiger partial charge in [0.05, 0.1) is 0 Å². The molecule has 9 nitrogen and oxygen atoms in total. The van der Waals surface area contributed by atoms with Crippen molar-refractivity contribution in [2.24, 2.45) is 10.7 Å². The number of anilines is 1. The molecule has 25 heavy (non-hydrogen) atoms. The Morgan fingerprint density at radius 1 is 1.04 bits per heavy atom. The Balaban J connectivity index is 1.38. The van der Waals surface area contributed by atoms with Crippen molar-refractivity contribution < 1.29 is 0 Å². The number of hydrogen-bond donors (Lipinski definition) is 1. The summed E-state index contributed by atoms with van der Waals surface area (Å²) in [4.78, 5) is 17.3. The zero-order valence-electron chi connectivity index (χ0n) is 13.7. The molecule has 3 aromatic heterocycles. The number of rotatable bonds is 3. The quantitative estimate of drug-likeness (QED) is 0.536. The molecule has 1 aliphatic rings. The summed E-state index contributed by atoms with van der Waals surface area (Å²) in [5.41, 5.74) is 6.97. The van der Waals surface area contributed by atoms with Crippen LogP contribution in [0.1, 0.15) is 5.82 Å². The highest BCUT2D eigenvalue weighted by Crippen LogP contribution is 2.10. The van der Waals surface area contributed by atoms with Gasteiger partial charge >= 0.3 is 0 Å². The van der Waals surface area contributed by atoms with E-state index in [9.17, 15) is 0 Å². The fraction of sp³-hybridized carbons (Fsp3) is 0.312. The molecule has 0 spiro atoms. The molecule has 128 valence electrons. The molecular weight excluding hydrogens is 318 g/mol. The number of hydrogen-bond acceptors (Lipinski definition) is 6. The van der Waals surface area contributed by atoms with Gasteiger partial charge in [-0.25, -0.2) is 15.0 Å². The zero-order chi connectivity index (χ0) is 17.1. The highest BCUT2D eigenvalue weighted by Gasteiger charge is 2.20. The lowest BCUT2D eigenvalue weighted by Gasteiger charge is -2.35. The minimum absolute atomic E-state index is 0.402. The summed E-state index contributed by atoms with van der Waals surface area (Å²) in [5.74, 6) is 2.06. The van der Waals surface area contributed by atoms with E-state index in [0.29, 0.717) is 12.5 Å². The van der Waals surface area contributed by atoms with E-state index in [0.717, 1.165) is 43.6 Å². The Kier molecular flexibility index (Phi) is 4.11. The van der Waals surface area contributed by atoms with Crippen molar-refractivity contribution in [1.82, 2.24) is 29.5 Å². The van der Waals surface area contributed by atoms with Crippen molar-refractivity contribution in [3.05, 3.63) is 48.7 Å². The molecule has 9 heteroatoms. The Morgan fingerprint density at radius 2 is 1.84 bits per heavy atom. The van der Waals surface area contributed by atoms with E-state index >= 15 is 0 Å². The van der Waals surface area contributed by atoms with Gasteiger partial charge < -0.3 is 15.5 Å². The summed E-state index contributed by atoms with van der Waals surface area (Å²) < 4.78 is 1.92. The lowest BCUT2D eigenvalue weighted by atomic mass is 10.3. The second-order valence-corrected chi connectivity index (χ2v) is 5.74. The predicted octanol–water partition coefficient (Wildman–Crippen LogP) is 0.156. The van der Waals surface area contributed by atoms with E-state index in [2.05, 4.69) is 35.0 Å². The number of aliphatic imine (C=N–C) groups is 1. The number of nitrogens with two attached hydrogens (primary N) is 1. The van der Waals surface area contributed by atoms with E-state index in [1.54, 1.807) is 12.4 Å². The lowest BCUT2D eigenvalue weighted by Crippen LogP contribution is -2.51. The molecule has 3 aromatic rings. The normalized spacial score (nSPS) is 15.8. The van der Waals surface area contributed by atoms with Crippen LogP contribution in [0, 0.1) is 0 Å². The largest absolute Gasteiger partial charge is 0.370 e. The van der Waals surface area contributed by atoms with Crippen LogP contribution in [-0.4, -0.2) is 61.6 Å². The van der Waals surface area contributed by atoms with Gasteiger partial charge in [-0.2, -0.15) is 0 Å². The van der Waals surface area contributed by atoms with Crippen LogP contribution in [0.2, 0.25) is 0 Å². The third kappa shape index (κ3) is 3.21. The van der Waals surface area contributed by atoms with Gasteiger partial charge in [-0.3, -0.25) is 4.40 Å². The first kappa shape index (κ1) is 15.3. The maximum Gasteiger partial charge on any atom is 0.225 e. The van der Waals surface area contributed by atoms with Gasteiger partial charge in [0.15, 0.2) is 17.4 Å². The number of aromatic nitrogens is 5. The van der Waals surface area contributed by atoms with Crippen molar-refractivity contribution in [2.75, 3.05) is 31.1 Å². The van der Waals surface area contributed by atoms with Gasteiger partial charge in [-0.1, -0.05) is 6.07 Å². The van der Waals surface area contributed by atoms with Crippen molar-refractivity contribution >= 4 is 17.6 Å². The predicted molar refractivity (Wildman–Crippen MR) is 94.1 cm³/mol. The molecule has 0 atom stereocenters. The SMILES string of the molecule is NC(=NCc1nnc2ccccn12)N1CCN(c2ncccn2)CC1. The van der Waals surface area contributed by atoms with Gasteiger partial charge in [-0.15, -0.1) is 10.2 Å². The standard InChI is InChI=1S/C16H19N9/c17-15(20-12-14-22-21-13-4-1-2-7-25(13)14)23-8-10-24(11-9-23)16-18-5-3-6-19-16/h1-7H,8-12H2,(H2,17,20). The van der Waals surface area contributed by atoms with Crippen LogP contribution in [0.3, 0.4) is 0 Å². The monoisotopic (exact) mass is 337 g/mol. The van der Waals surface area contributed by atoms with E-state index < -0.39 is 0 Å².